The predicted octanol–water partition coefficient (Wildman–Crippen LogP) is 2.98. The number of nitrogens with zero attached hydrogens (tertiary/aromatic N) is 1. The molecule has 21 heavy (non-hydrogen) atoms. The minimum atomic E-state index is -6.00. The molecule has 0 atom stereocenters. The molecule has 0 radical (unpaired) electrons. The van der Waals surface area contributed by atoms with Crippen LogP contribution in [0, 0.1) is 10.1 Å². The molecule has 0 amide bonds. The molecular weight excluding hydrogens is 315 g/mol. The number of hydrogen-bond donors (Lipinski definition) is 0. The molecule has 6 nitrogen and oxygen atoms in total. The Labute approximate surface area is 116 Å². The van der Waals surface area contributed by atoms with Gasteiger partial charge in [-0.3, -0.25) is 10.1 Å². The Balaban J connectivity index is 2.72. The van der Waals surface area contributed by atoms with Crippen LogP contribution in [-0.4, -0.2) is 18.8 Å². The van der Waals surface area contributed by atoms with Gasteiger partial charge in [-0.05, 0) is 11.5 Å². The molecule has 0 fully saturated rings. The number of nitro benzene ring substituents is 1. The van der Waals surface area contributed by atoms with Crippen molar-refractivity contribution in [3.8, 4) is 5.75 Å². The van der Waals surface area contributed by atoms with Gasteiger partial charge in [-0.25, -0.2) is 0 Å². The van der Waals surface area contributed by atoms with Crippen LogP contribution in [0.3, 0.4) is 0 Å². The average Bonchev–Trinajstić information content (AvgIpc) is 2.37. The first kappa shape index (κ1) is 15.0. The molecule has 2 aromatic rings. The molecular formula is C11H6F3NO5S. The fraction of sp³-hybridized carbons (Fsp3) is 0.0909. The molecule has 0 saturated carbocycles. The molecule has 0 bridgehead atoms. The van der Waals surface area contributed by atoms with Crippen molar-refractivity contribution in [3.63, 3.8) is 0 Å². The summed E-state index contributed by atoms with van der Waals surface area (Å²) in [5, 5.41) is 11.0. The van der Waals surface area contributed by atoms with E-state index in [4.69, 9.17) is 0 Å². The van der Waals surface area contributed by atoms with E-state index in [0.717, 1.165) is 6.07 Å². The van der Waals surface area contributed by atoms with E-state index in [2.05, 4.69) is 4.18 Å². The highest BCUT2D eigenvalue weighted by Crippen LogP contribution is 2.38. The zero-order chi connectivity index (χ0) is 15.8. The van der Waals surface area contributed by atoms with E-state index in [0.29, 0.717) is 5.39 Å². The second kappa shape index (κ2) is 4.88. The molecule has 0 aliphatic carbocycles. The maximum atomic E-state index is 12.4. The van der Waals surface area contributed by atoms with Crippen LogP contribution in [0.4, 0.5) is 18.9 Å². The quantitative estimate of drug-likeness (QED) is 0.375. The summed E-state index contributed by atoms with van der Waals surface area (Å²) in [7, 11) is -6.00. The highest BCUT2D eigenvalue weighted by atomic mass is 32.2. The third-order valence-electron chi connectivity index (χ3n) is 2.53. The molecule has 2 rings (SSSR count). The molecule has 0 aliphatic heterocycles. The summed E-state index contributed by atoms with van der Waals surface area (Å²) in [6, 6.07) is 7.76. The van der Waals surface area contributed by atoms with Crippen LogP contribution in [0.2, 0.25) is 0 Å². The number of rotatable bonds is 3. The second-order valence-electron chi connectivity index (χ2n) is 3.88. The van der Waals surface area contributed by atoms with Crippen molar-refractivity contribution >= 4 is 26.6 Å². The van der Waals surface area contributed by atoms with E-state index >= 15 is 0 Å². The molecule has 0 aliphatic rings. The van der Waals surface area contributed by atoms with Crippen LogP contribution in [0.5, 0.6) is 5.75 Å². The van der Waals surface area contributed by atoms with Gasteiger partial charge in [0.25, 0.3) is 0 Å². The van der Waals surface area contributed by atoms with Crippen LogP contribution < -0.4 is 4.18 Å². The van der Waals surface area contributed by atoms with E-state index in [1.807, 2.05) is 0 Å². The molecule has 10 heteroatoms. The zero-order valence-corrected chi connectivity index (χ0v) is 10.8. The lowest BCUT2D eigenvalue weighted by Crippen LogP contribution is -2.28. The van der Waals surface area contributed by atoms with Gasteiger partial charge in [0.05, 0.1) is 4.92 Å². The summed E-state index contributed by atoms with van der Waals surface area (Å²) < 4.78 is 63.2. The summed E-state index contributed by atoms with van der Waals surface area (Å²) >= 11 is 0. The summed E-state index contributed by atoms with van der Waals surface area (Å²) in [5.74, 6) is -0.963. The molecule has 0 heterocycles. The third kappa shape index (κ3) is 2.75. The highest BCUT2D eigenvalue weighted by Gasteiger charge is 2.49. The van der Waals surface area contributed by atoms with E-state index in [1.165, 1.54) is 30.3 Å². The average molecular weight is 321 g/mol. The van der Waals surface area contributed by atoms with Crippen molar-refractivity contribution in [2.45, 2.75) is 5.51 Å². The van der Waals surface area contributed by atoms with Gasteiger partial charge >= 0.3 is 21.3 Å². The Morgan fingerprint density at radius 2 is 1.71 bits per heavy atom. The molecule has 0 unspecified atom stereocenters. The molecule has 2 aromatic carbocycles. The Morgan fingerprint density at radius 1 is 1.10 bits per heavy atom. The fourth-order valence-corrected chi connectivity index (χ4v) is 2.11. The lowest BCUT2D eigenvalue weighted by atomic mass is 10.1. The SMILES string of the molecule is O=[N+]([O-])c1ccc2ccccc2c1OS(=O)(=O)C(F)(F)F. The summed E-state index contributed by atoms with van der Waals surface area (Å²) in [4.78, 5) is 9.83. The largest absolute Gasteiger partial charge is 0.534 e. The predicted molar refractivity (Wildman–Crippen MR) is 66.2 cm³/mol. The van der Waals surface area contributed by atoms with Crippen LogP contribution in [0.25, 0.3) is 10.8 Å². The highest BCUT2D eigenvalue weighted by molar-refractivity contribution is 7.88. The number of fused-ring (bicyclic) bond motifs is 1. The molecule has 0 spiro atoms. The van der Waals surface area contributed by atoms with Crippen LogP contribution >= 0.6 is 0 Å². The number of benzene rings is 2. The maximum absolute atomic E-state index is 12.4. The van der Waals surface area contributed by atoms with Crippen molar-refractivity contribution < 1.29 is 30.7 Å². The van der Waals surface area contributed by atoms with E-state index in [1.54, 1.807) is 0 Å². The lowest BCUT2D eigenvalue weighted by molar-refractivity contribution is -0.385. The van der Waals surface area contributed by atoms with Gasteiger partial charge in [-0.15, -0.1) is 0 Å². The van der Waals surface area contributed by atoms with Crippen molar-refractivity contribution in [1.29, 1.82) is 0 Å². The third-order valence-corrected chi connectivity index (χ3v) is 3.49. The van der Waals surface area contributed by atoms with Gasteiger partial charge in [0.15, 0.2) is 0 Å². The molecule has 112 valence electrons. The first-order valence-electron chi connectivity index (χ1n) is 5.30. The minimum Gasteiger partial charge on any atom is -0.368 e. The van der Waals surface area contributed by atoms with Gasteiger partial charge in [0.2, 0.25) is 5.75 Å². The molecule has 0 aromatic heterocycles. The summed E-state index contributed by atoms with van der Waals surface area (Å²) in [6.07, 6.45) is 0. The fourth-order valence-electron chi connectivity index (χ4n) is 1.62. The monoisotopic (exact) mass is 321 g/mol. The Hall–Kier alpha value is -2.36. The lowest BCUT2D eigenvalue weighted by Gasteiger charge is -2.11. The smallest absolute Gasteiger partial charge is 0.368 e. The summed E-state index contributed by atoms with van der Waals surface area (Å²) in [6.45, 7) is 0. The molecule has 0 saturated heterocycles. The van der Waals surface area contributed by atoms with Crippen LogP contribution in [0.1, 0.15) is 0 Å². The van der Waals surface area contributed by atoms with E-state index < -0.39 is 32.0 Å². The van der Waals surface area contributed by atoms with Gasteiger partial charge in [-0.1, -0.05) is 24.3 Å². The minimum absolute atomic E-state index is 0.112. The first-order chi connectivity index (χ1) is 9.63. The first-order valence-corrected chi connectivity index (χ1v) is 6.71. The van der Waals surface area contributed by atoms with Crippen molar-refractivity contribution in [2.75, 3.05) is 0 Å². The van der Waals surface area contributed by atoms with Crippen LogP contribution in [-0.2, 0) is 10.1 Å². The van der Waals surface area contributed by atoms with Crippen molar-refractivity contribution in [2.24, 2.45) is 0 Å². The van der Waals surface area contributed by atoms with Gasteiger partial charge < -0.3 is 4.18 Å². The van der Waals surface area contributed by atoms with Crippen LogP contribution in [0.15, 0.2) is 36.4 Å². The Bertz CT molecular complexity index is 816. The number of halogens is 3. The second-order valence-corrected chi connectivity index (χ2v) is 5.41. The standard InChI is InChI=1S/C11H6F3NO5S/c12-11(13,14)21(18,19)20-10-8-4-2-1-3-7(8)5-6-9(10)15(16)17/h1-6H. The Morgan fingerprint density at radius 3 is 2.29 bits per heavy atom. The van der Waals surface area contributed by atoms with Crippen molar-refractivity contribution in [1.82, 2.24) is 0 Å². The normalized spacial score (nSPS) is 12.3. The number of alkyl halides is 3. The number of nitro groups is 1. The molecule has 0 N–H and O–H groups in total. The maximum Gasteiger partial charge on any atom is 0.534 e. The van der Waals surface area contributed by atoms with E-state index in [-0.39, 0.29) is 5.39 Å². The number of hydrogen-bond acceptors (Lipinski definition) is 5. The summed E-state index contributed by atoms with van der Waals surface area (Å²) in [5.41, 5.74) is -6.56. The van der Waals surface area contributed by atoms with Gasteiger partial charge in [0, 0.05) is 11.5 Å². The van der Waals surface area contributed by atoms with Gasteiger partial charge in [-0.2, -0.15) is 21.6 Å². The Kier molecular flexibility index (Phi) is 3.49. The van der Waals surface area contributed by atoms with E-state index in [9.17, 15) is 31.7 Å². The zero-order valence-electron chi connectivity index (χ0n) is 9.99. The van der Waals surface area contributed by atoms with Crippen molar-refractivity contribution in [3.05, 3.63) is 46.5 Å². The van der Waals surface area contributed by atoms with Gasteiger partial charge in [0.1, 0.15) is 0 Å². The topological polar surface area (TPSA) is 86.5 Å².